The highest BCUT2D eigenvalue weighted by Gasteiger charge is 2.20. The summed E-state index contributed by atoms with van der Waals surface area (Å²) in [6, 6.07) is 2.55. The van der Waals surface area contributed by atoms with Crippen LogP contribution < -0.4 is 11.1 Å². The summed E-state index contributed by atoms with van der Waals surface area (Å²) in [5, 5.41) is 6.39. The zero-order chi connectivity index (χ0) is 15.7. The van der Waals surface area contributed by atoms with Crippen molar-refractivity contribution < 1.29 is 9.18 Å². The van der Waals surface area contributed by atoms with E-state index in [-0.39, 0.29) is 21.4 Å². The van der Waals surface area contributed by atoms with E-state index >= 15 is 0 Å². The van der Waals surface area contributed by atoms with Crippen molar-refractivity contribution >= 4 is 40.5 Å². The first-order valence-corrected chi connectivity index (χ1v) is 6.89. The molecule has 0 saturated carbocycles. The van der Waals surface area contributed by atoms with Gasteiger partial charge in [-0.3, -0.25) is 9.48 Å². The Morgan fingerprint density at radius 1 is 1.43 bits per heavy atom. The van der Waals surface area contributed by atoms with Crippen LogP contribution in [0.5, 0.6) is 0 Å². The zero-order valence-electron chi connectivity index (χ0n) is 11.4. The van der Waals surface area contributed by atoms with E-state index in [9.17, 15) is 9.18 Å². The third-order valence-electron chi connectivity index (χ3n) is 2.93. The van der Waals surface area contributed by atoms with Crippen LogP contribution in [0.25, 0.3) is 0 Å². The minimum Gasteiger partial charge on any atom is -0.395 e. The van der Waals surface area contributed by atoms with E-state index in [1.54, 1.807) is 6.92 Å². The van der Waals surface area contributed by atoms with Crippen molar-refractivity contribution in [2.24, 2.45) is 0 Å². The fraction of sp³-hybridized carbons (Fsp3) is 0.231. The Balaban J connectivity index is 2.35. The summed E-state index contributed by atoms with van der Waals surface area (Å²) in [5.74, 6) is -1.20. The number of aryl methyl sites for hydroxylation is 2. The van der Waals surface area contributed by atoms with Crippen LogP contribution in [-0.4, -0.2) is 15.7 Å². The smallest absolute Gasteiger partial charge is 0.276 e. The first-order valence-electron chi connectivity index (χ1n) is 6.13. The molecule has 0 radical (unpaired) electrons. The van der Waals surface area contributed by atoms with Crippen LogP contribution in [0.15, 0.2) is 12.1 Å². The summed E-state index contributed by atoms with van der Waals surface area (Å²) in [5.41, 5.74) is 7.25. The molecule has 0 unspecified atom stereocenters. The molecule has 0 bridgehead atoms. The molecule has 3 N–H and O–H groups in total. The summed E-state index contributed by atoms with van der Waals surface area (Å²) < 4.78 is 14.8. The molecule has 1 amide bonds. The van der Waals surface area contributed by atoms with Crippen molar-refractivity contribution in [3.8, 4) is 0 Å². The van der Waals surface area contributed by atoms with E-state index in [2.05, 4.69) is 10.4 Å². The number of nitrogens with one attached hydrogen (secondary N) is 1. The van der Waals surface area contributed by atoms with E-state index in [1.165, 1.54) is 16.8 Å². The van der Waals surface area contributed by atoms with Gasteiger partial charge in [0.25, 0.3) is 5.91 Å². The number of halogens is 3. The number of carbonyl (C=O) groups excluding carboxylic acids is 1. The lowest BCUT2D eigenvalue weighted by molar-refractivity contribution is 0.101. The third-order valence-corrected chi connectivity index (χ3v) is 3.48. The lowest BCUT2D eigenvalue weighted by atomic mass is 10.2. The number of hydrogen-bond donors (Lipinski definition) is 2. The summed E-state index contributed by atoms with van der Waals surface area (Å²) >= 11 is 11.4. The predicted molar refractivity (Wildman–Crippen MR) is 81.4 cm³/mol. The predicted octanol–water partition coefficient (Wildman–Crippen LogP) is 3.49. The second-order valence-corrected chi connectivity index (χ2v) is 5.19. The second kappa shape index (κ2) is 5.91. The number of anilines is 2. The molecule has 0 aliphatic carbocycles. The molecule has 0 atom stereocenters. The first-order chi connectivity index (χ1) is 9.85. The van der Waals surface area contributed by atoms with Gasteiger partial charge < -0.3 is 11.1 Å². The van der Waals surface area contributed by atoms with Gasteiger partial charge in [0.15, 0.2) is 5.82 Å². The van der Waals surface area contributed by atoms with Gasteiger partial charge in [0.1, 0.15) is 5.69 Å². The molecule has 1 aromatic heterocycles. The normalized spacial score (nSPS) is 10.7. The zero-order valence-corrected chi connectivity index (χ0v) is 12.9. The molecule has 2 rings (SSSR count). The topological polar surface area (TPSA) is 72.9 Å². The average molecular weight is 331 g/mol. The van der Waals surface area contributed by atoms with Crippen LogP contribution in [0.1, 0.15) is 23.1 Å². The number of nitrogens with two attached hydrogens (primary N) is 1. The molecule has 112 valence electrons. The quantitative estimate of drug-likeness (QED) is 0.846. The Morgan fingerprint density at radius 2 is 2.00 bits per heavy atom. The molecule has 1 heterocycles. The monoisotopic (exact) mass is 330 g/mol. The van der Waals surface area contributed by atoms with Crippen molar-refractivity contribution in [3.05, 3.63) is 39.4 Å². The van der Waals surface area contributed by atoms with Gasteiger partial charge in [0, 0.05) is 12.2 Å². The standard InChI is InChI=1S/C13H13Cl2FN4O/c1-3-20-12(11(17)6(2)19-20)13(21)18-7-4-8(14)10(16)9(15)5-7/h4-5H,3,17H2,1-2H3,(H,18,21). The molecule has 0 aliphatic heterocycles. The number of hydrogen-bond acceptors (Lipinski definition) is 3. The lowest BCUT2D eigenvalue weighted by Gasteiger charge is -2.09. The summed E-state index contributed by atoms with van der Waals surface area (Å²) in [4.78, 5) is 12.3. The number of carbonyl (C=O) groups is 1. The van der Waals surface area contributed by atoms with Crippen LogP contribution in [0.3, 0.4) is 0 Å². The number of benzene rings is 1. The Bertz CT molecular complexity index is 691. The molecule has 21 heavy (non-hydrogen) atoms. The fourth-order valence-corrected chi connectivity index (χ4v) is 2.37. The van der Waals surface area contributed by atoms with Crippen molar-refractivity contribution in [3.63, 3.8) is 0 Å². The van der Waals surface area contributed by atoms with E-state index in [1.807, 2.05) is 6.92 Å². The second-order valence-electron chi connectivity index (χ2n) is 4.37. The maximum Gasteiger partial charge on any atom is 0.276 e. The van der Waals surface area contributed by atoms with Gasteiger partial charge in [-0.1, -0.05) is 23.2 Å². The largest absolute Gasteiger partial charge is 0.395 e. The maximum atomic E-state index is 13.3. The minimum atomic E-state index is -0.731. The van der Waals surface area contributed by atoms with Crippen LogP contribution in [0.4, 0.5) is 15.8 Å². The minimum absolute atomic E-state index is 0.175. The van der Waals surface area contributed by atoms with E-state index in [0.717, 1.165) is 0 Å². The lowest BCUT2D eigenvalue weighted by Crippen LogP contribution is -2.18. The molecule has 8 heteroatoms. The number of aromatic nitrogens is 2. The molecule has 0 fully saturated rings. The van der Waals surface area contributed by atoms with Gasteiger partial charge in [-0.05, 0) is 26.0 Å². The maximum absolute atomic E-state index is 13.3. The molecule has 0 aliphatic rings. The van der Waals surface area contributed by atoms with Gasteiger partial charge in [0.05, 0.1) is 21.4 Å². The van der Waals surface area contributed by atoms with E-state index < -0.39 is 11.7 Å². The van der Waals surface area contributed by atoms with Gasteiger partial charge >= 0.3 is 0 Å². The SMILES string of the molecule is CCn1nc(C)c(N)c1C(=O)Nc1cc(Cl)c(F)c(Cl)c1. The third kappa shape index (κ3) is 2.96. The van der Waals surface area contributed by atoms with Gasteiger partial charge in [-0.15, -0.1) is 0 Å². The van der Waals surface area contributed by atoms with Crippen molar-refractivity contribution in [1.29, 1.82) is 0 Å². The summed E-state index contributed by atoms with van der Waals surface area (Å²) in [6.45, 7) is 4.05. The van der Waals surface area contributed by atoms with Gasteiger partial charge in [-0.25, -0.2) is 4.39 Å². The number of nitrogens with zero attached hydrogens (tertiary/aromatic N) is 2. The van der Waals surface area contributed by atoms with E-state index in [4.69, 9.17) is 28.9 Å². The highest BCUT2D eigenvalue weighted by Crippen LogP contribution is 2.28. The summed E-state index contributed by atoms with van der Waals surface area (Å²) in [6.07, 6.45) is 0. The van der Waals surface area contributed by atoms with Crippen LogP contribution in [-0.2, 0) is 6.54 Å². The number of amides is 1. The molecular weight excluding hydrogens is 318 g/mol. The highest BCUT2D eigenvalue weighted by atomic mass is 35.5. The fourth-order valence-electron chi connectivity index (χ4n) is 1.88. The Morgan fingerprint density at radius 3 is 2.52 bits per heavy atom. The van der Waals surface area contributed by atoms with Crippen LogP contribution >= 0.6 is 23.2 Å². The molecular formula is C13H13Cl2FN4O. The Hall–Kier alpha value is -1.79. The molecule has 0 spiro atoms. The number of rotatable bonds is 3. The Kier molecular flexibility index (Phi) is 4.39. The highest BCUT2D eigenvalue weighted by molar-refractivity contribution is 6.35. The molecule has 0 saturated heterocycles. The van der Waals surface area contributed by atoms with Crippen LogP contribution in [0.2, 0.25) is 10.0 Å². The average Bonchev–Trinajstić information content (AvgIpc) is 2.71. The molecule has 5 nitrogen and oxygen atoms in total. The van der Waals surface area contributed by atoms with Crippen molar-refractivity contribution in [2.75, 3.05) is 11.1 Å². The number of nitrogen functional groups attached to an aromatic ring is 1. The van der Waals surface area contributed by atoms with Gasteiger partial charge in [-0.2, -0.15) is 5.10 Å². The van der Waals surface area contributed by atoms with Crippen LogP contribution in [0, 0.1) is 12.7 Å². The molecule has 2 aromatic rings. The van der Waals surface area contributed by atoms with Crippen molar-refractivity contribution in [1.82, 2.24) is 9.78 Å². The van der Waals surface area contributed by atoms with Gasteiger partial charge in [0.2, 0.25) is 0 Å². The Labute approximate surface area is 130 Å². The summed E-state index contributed by atoms with van der Waals surface area (Å²) in [7, 11) is 0. The first kappa shape index (κ1) is 15.6. The molecule has 1 aromatic carbocycles. The van der Waals surface area contributed by atoms with Crippen molar-refractivity contribution in [2.45, 2.75) is 20.4 Å². The van der Waals surface area contributed by atoms with E-state index in [0.29, 0.717) is 17.9 Å².